The lowest BCUT2D eigenvalue weighted by molar-refractivity contribution is 0.316. The maximum Gasteiger partial charge on any atom is 0.0836 e. The average Bonchev–Trinajstić information content (AvgIpc) is 2.36. The number of nitrogens with two attached hydrogens (primary N) is 1. The number of hydrogen-bond acceptors (Lipinski definition) is 5. The molecule has 0 spiro atoms. The molecular weight excluding hydrogens is 206 g/mol. The third-order valence-corrected chi connectivity index (χ3v) is 2.45. The van der Waals surface area contributed by atoms with Gasteiger partial charge in [-0.3, -0.25) is 0 Å². The van der Waals surface area contributed by atoms with Crippen LogP contribution in [0.4, 0.5) is 0 Å². The van der Waals surface area contributed by atoms with Crippen molar-refractivity contribution in [2.45, 2.75) is 19.9 Å². The molecule has 0 aliphatic heterocycles. The number of rotatable bonds is 3. The maximum atomic E-state index is 8.60. The van der Waals surface area contributed by atoms with Crippen molar-refractivity contribution in [2.24, 2.45) is 16.0 Å². The monoisotopic (exact) mass is 221 g/mol. The van der Waals surface area contributed by atoms with Crippen LogP contribution < -0.4 is 5.73 Å². The Morgan fingerprint density at radius 2 is 1.69 bits per heavy atom. The summed E-state index contributed by atoms with van der Waals surface area (Å²) >= 11 is 0. The van der Waals surface area contributed by atoms with Crippen molar-refractivity contribution in [3.8, 4) is 0 Å². The van der Waals surface area contributed by atoms with Gasteiger partial charge in [0.15, 0.2) is 0 Å². The van der Waals surface area contributed by atoms with Crippen LogP contribution in [0.2, 0.25) is 0 Å². The summed E-state index contributed by atoms with van der Waals surface area (Å²) in [5.41, 5.74) is 8.47. The van der Waals surface area contributed by atoms with Gasteiger partial charge in [-0.05, 0) is 25.0 Å². The van der Waals surface area contributed by atoms with Crippen molar-refractivity contribution >= 4 is 11.4 Å². The van der Waals surface area contributed by atoms with Crippen LogP contribution in [0, 0.1) is 0 Å². The number of benzene rings is 1. The first kappa shape index (κ1) is 12.2. The zero-order valence-corrected chi connectivity index (χ0v) is 9.25. The van der Waals surface area contributed by atoms with Gasteiger partial charge in [-0.25, -0.2) is 0 Å². The van der Waals surface area contributed by atoms with Crippen LogP contribution in [0.3, 0.4) is 0 Å². The van der Waals surface area contributed by atoms with E-state index >= 15 is 0 Å². The Balaban J connectivity index is 2.95. The van der Waals surface area contributed by atoms with Gasteiger partial charge in [0.2, 0.25) is 0 Å². The Hall–Kier alpha value is -1.88. The van der Waals surface area contributed by atoms with Gasteiger partial charge in [-0.2, -0.15) is 0 Å². The SMILES string of the molecule is C/C(=N\O)c1ccc(C(N)/C(C)=N/O)cc1. The van der Waals surface area contributed by atoms with E-state index in [1.165, 1.54) is 0 Å². The third kappa shape index (κ3) is 2.58. The molecule has 0 aromatic heterocycles. The summed E-state index contributed by atoms with van der Waals surface area (Å²) in [6.45, 7) is 3.36. The van der Waals surface area contributed by atoms with E-state index in [2.05, 4.69) is 10.3 Å². The average molecular weight is 221 g/mol. The van der Waals surface area contributed by atoms with Gasteiger partial charge in [0.05, 0.1) is 17.5 Å². The summed E-state index contributed by atoms with van der Waals surface area (Å²) in [6.07, 6.45) is 0. The highest BCUT2D eigenvalue weighted by atomic mass is 16.4. The largest absolute Gasteiger partial charge is 0.411 e. The van der Waals surface area contributed by atoms with Crippen molar-refractivity contribution in [3.63, 3.8) is 0 Å². The highest BCUT2D eigenvalue weighted by molar-refractivity contribution is 5.98. The molecule has 1 unspecified atom stereocenters. The molecule has 0 heterocycles. The molecule has 0 aliphatic rings. The number of nitrogens with zero attached hydrogens (tertiary/aromatic N) is 2. The fourth-order valence-corrected chi connectivity index (χ4v) is 1.29. The molecule has 1 atom stereocenters. The Morgan fingerprint density at radius 1 is 1.12 bits per heavy atom. The highest BCUT2D eigenvalue weighted by Crippen LogP contribution is 2.13. The molecule has 0 saturated carbocycles. The molecule has 1 aromatic carbocycles. The molecule has 1 rings (SSSR count). The van der Waals surface area contributed by atoms with E-state index in [9.17, 15) is 0 Å². The Labute approximate surface area is 93.9 Å². The predicted molar refractivity (Wildman–Crippen MR) is 62.3 cm³/mol. The first-order valence-corrected chi connectivity index (χ1v) is 4.83. The lowest BCUT2D eigenvalue weighted by Gasteiger charge is -2.10. The van der Waals surface area contributed by atoms with E-state index in [0.717, 1.165) is 11.1 Å². The Kier molecular flexibility index (Phi) is 4.02. The van der Waals surface area contributed by atoms with Crippen molar-refractivity contribution in [1.82, 2.24) is 0 Å². The smallest absolute Gasteiger partial charge is 0.0836 e. The highest BCUT2D eigenvalue weighted by Gasteiger charge is 2.09. The van der Waals surface area contributed by atoms with Crippen LogP contribution in [0.25, 0.3) is 0 Å². The Bertz CT molecular complexity index is 410. The molecule has 0 fully saturated rings. The van der Waals surface area contributed by atoms with Gasteiger partial charge in [0.25, 0.3) is 0 Å². The van der Waals surface area contributed by atoms with Crippen molar-refractivity contribution in [2.75, 3.05) is 0 Å². The third-order valence-electron chi connectivity index (χ3n) is 2.45. The van der Waals surface area contributed by atoms with Gasteiger partial charge < -0.3 is 16.1 Å². The molecule has 5 nitrogen and oxygen atoms in total. The summed E-state index contributed by atoms with van der Waals surface area (Å²) in [6, 6.07) is 6.79. The number of hydrogen-bond donors (Lipinski definition) is 3. The minimum atomic E-state index is -0.426. The zero-order valence-electron chi connectivity index (χ0n) is 9.25. The van der Waals surface area contributed by atoms with Crippen LogP contribution in [-0.4, -0.2) is 21.8 Å². The van der Waals surface area contributed by atoms with Crippen LogP contribution >= 0.6 is 0 Å². The molecule has 0 amide bonds. The number of oxime groups is 2. The van der Waals surface area contributed by atoms with Crippen molar-refractivity contribution in [3.05, 3.63) is 35.4 Å². The summed E-state index contributed by atoms with van der Waals surface area (Å²) in [5.74, 6) is 0. The van der Waals surface area contributed by atoms with E-state index in [1.54, 1.807) is 26.0 Å². The Morgan fingerprint density at radius 3 is 2.12 bits per heavy atom. The van der Waals surface area contributed by atoms with E-state index < -0.39 is 6.04 Å². The predicted octanol–water partition coefficient (Wildman–Crippen LogP) is 1.73. The maximum absolute atomic E-state index is 8.60. The molecule has 0 saturated heterocycles. The van der Waals surface area contributed by atoms with Gasteiger partial charge in [0.1, 0.15) is 0 Å². The first-order valence-electron chi connectivity index (χ1n) is 4.83. The molecule has 0 aliphatic carbocycles. The lowest BCUT2D eigenvalue weighted by Crippen LogP contribution is -2.18. The molecule has 0 radical (unpaired) electrons. The summed E-state index contributed by atoms with van der Waals surface area (Å²) in [7, 11) is 0. The minimum Gasteiger partial charge on any atom is -0.411 e. The fourth-order valence-electron chi connectivity index (χ4n) is 1.29. The molecule has 0 bridgehead atoms. The topological polar surface area (TPSA) is 91.2 Å². The lowest BCUT2D eigenvalue weighted by atomic mass is 10.0. The van der Waals surface area contributed by atoms with Crippen molar-refractivity contribution < 1.29 is 10.4 Å². The normalized spacial score (nSPS) is 14.9. The second kappa shape index (κ2) is 5.27. The van der Waals surface area contributed by atoms with E-state index in [0.29, 0.717) is 11.4 Å². The molecule has 16 heavy (non-hydrogen) atoms. The fraction of sp³-hybridized carbons (Fsp3) is 0.273. The van der Waals surface area contributed by atoms with E-state index in [4.69, 9.17) is 16.1 Å². The summed E-state index contributed by atoms with van der Waals surface area (Å²) in [4.78, 5) is 0. The van der Waals surface area contributed by atoms with Crippen LogP contribution in [-0.2, 0) is 0 Å². The van der Waals surface area contributed by atoms with Crippen LogP contribution in [0.1, 0.15) is 31.0 Å². The second-order valence-corrected chi connectivity index (χ2v) is 3.53. The van der Waals surface area contributed by atoms with Gasteiger partial charge in [-0.15, -0.1) is 0 Å². The first-order chi connectivity index (χ1) is 7.60. The van der Waals surface area contributed by atoms with Crippen LogP contribution in [0.5, 0.6) is 0 Å². The molecule has 86 valence electrons. The second-order valence-electron chi connectivity index (χ2n) is 3.53. The molecule has 5 heteroatoms. The molecular formula is C11H15N3O2. The molecule has 1 aromatic rings. The van der Waals surface area contributed by atoms with Gasteiger partial charge >= 0.3 is 0 Å². The van der Waals surface area contributed by atoms with Crippen LogP contribution in [0.15, 0.2) is 34.6 Å². The van der Waals surface area contributed by atoms with Gasteiger partial charge in [-0.1, -0.05) is 34.6 Å². The minimum absolute atomic E-state index is 0.426. The quantitative estimate of drug-likeness (QED) is 0.412. The summed E-state index contributed by atoms with van der Waals surface area (Å²) in [5, 5.41) is 23.4. The van der Waals surface area contributed by atoms with Crippen molar-refractivity contribution in [1.29, 1.82) is 0 Å². The molecule has 4 N–H and O–H groups in total. The van der Waals surface area contributed by atoms with Gasteiger partial charge in [0, 0.05) is 0 Å². The zero-order chi connectivity index (χ0) is 12.1. The van der Waals surface area contributed by atoms with E-state index in [1.807, 2.05) is 12.1 Å². The summed E-state index contributed by atoms with van der Waals surface area (Å²) < 4.78 is 0. The van der Waals surface area contributed by atoms with E-state index in [-0.39, 0.29) is 0 Å². The standard InChI is InChI=1S/C11H15N3O2/c1-7(13-15)9-3-5-10(6-4-9)11(12)8(2)14-16/h3-6,11,15-16H,12H2,1-2H3/b13-7+,14-8+.